The van der Waals surface area contributed by atoms with Crippen LogP contribution >= 0.6 is 0 Å². The number of carbonyl (C=O) groups is 1. The lowest BCUT2D eigenvalue weighted by molar-refractivity contribution is -0.140. The van der Waals surface area contributed by atoms with Crippen molar-refractivity contribution >= 4 is 11.7 Å². The maximum atomic E-state index is 12.4. The number of rotatable bonds is 5. The number of aliphatic carboxylic acids is 1. The molecule has 6 heteroatoms. The molecule has 1 aliphatic heterocycles. The number of carboxylic acid groups (broad SMARTS) is 1. The summed E-state index contributed by atoms with van der Waals surface area (Å²) in [4.78, 5) is 27.8. The molecule has 0 radical (unpaired) electrons. The van der Waals surface area contributed by atoms with Gasteiger partial charge in [0.2, 0.25) is 0 Å². The van der Waals surface area contributed by atoms with Crippen LogP contribution < -0.4 is 10.9 Å². The van der Waals surface area contributed by atoms with Crippen molar-refractivity contribution in [2.75, 3.05) is 11.9 Å². The molecule has 0 bridgehead atoms. The van der Waals surface area contributed by atoms with Crippen molar-refractivity contribution in [1.29, 1.82) is 0 Å². The van der Waals surface area contributed by atoms with Crippen LogP contribution in [0.25, 0.3) is 0 Å². The molecule has 0 saturated carbocycles. The third-order valence-electron chi connectivity index (χ3n) is 3.88. The van der Waals surface area contributed by atoms with Crippen molar-refractivity contribution in [2.45, 2.75) is 25.3 Å². The normalized spacial score (nSPS) is 16.3. The van der Waals surface area contributed by atoms with E-state index in [1.54, 1.807) is 0 Å². The van der Waals surface area contributed by atoms with Gasteiger partial charge in [-0.05, 0) is 18.4 Å². The van der Waals surface area contributed by atoms with Crippen LogP contribution in [0.15, 0.2) is 41.3 Å². The molecule has 0 spiro atoms. The molecule has 2 N–H and O–H groups in total. The predicted octanol–water partition coefficient (Wildman–Crippen LogP) is 1.47. The number of nitrogens with zero attached hydrogens (tertiary/aromatic N) is 2. The second kappa shape index (κ2) is 6.01. The largest absolute Gasteiger partial charge is 0.480 e. The number of anilines is 1. The molecule has 22 heavy (non-hydrogen) atoms. The lowest BCUT2D eigenvalue weighted by atomic mass is 10.1. The third-order valence-corrected chi connectivity index (χ3v) is 3.88. The van der Waals surface area contributed by atoms with Crippen molar-refractivity contribution in [1.82, 2.24) is 9.55 Å². The molecule has 0 saturated heterocycles. The lowest BCUT2D eigenvalue weighted by Gasteiger charge is -2.12. The molecule has 6 nitrogen and oxygen atoms in total. The predicted molar refractivity (Wildman–Crippen MR) is 82.1 cm³/mol. The van der Waals surface area contributed by atoms with Crippen LogP contribution in [0.5, 0.6) is 0 Å². The zero-order valence-electron chi connectivity index (χ0n) is 12.0. The minimum Gasteiger partial charge on any atom is -0.480 e. The Labute approximate surface area is 127 Å². The fourth-order valence-corrected chi connectivity index (χ4v) is 2.75. The number of nitrogens with one attached hydrogen (secondary N) is 1. The van der Waals surface area contributed by atoms with Crippen molar-refractivity contribution in [3.63, 3.8) is 0 Å². The van der Waals surface area contributed by atoms with E-state index in [1.807, 2.05) is 30.3 Å². The standard InChI is InChI=1S/C16H17N3O3/c20-15-12(17-9-8-11-4-2-1-3-5-11)10-18-14-7-6-13(16(21)22)19(14)15/h1-5,10,13,17H,6-9H2,(H,21,22)/t13-/m0/s1. The summed E-state index contributed by atoms with van der Waals surface area (Å²) in [6, 6.07) is 9.15. The van der Waals surface area contributed by atoms with E-state index in [1.165, 1.54) is 16.3 Å². The van der Waals surface area contributed by atoms with Crippen LogP contribution in [0.1, 0.15) is 23.9 Å². The Morgan fingerprint density at radius 3 is 2.86 bits per heavy atom. The van der Waals surface area contributed by atoms with Gasteiger partial charge in [-0.15, -0.1) is 0 Å². The molecule has 3 rings (SSSR count). The van der Waals surface area contributed by atoms with Crippen LogP contribution in [-0.4, -0.2) is 27.2 Å². The molecule has 0 amide bonds. The average Bonchev–Trinajstić information content (AvgIpc) is 2.96. The van der Waals surface area contributed by atoms with Crippen molar-refractivity contribution in [3.05, 3.63) is 58.3 Å². The first kappa shape index (κ1) is 14.3. The average molecular weight is 299 g/mol. The quantitative estimate of drug-likeness (QED) is 0.873. The zero-order valence-corrected chi connectivity index (χ0v) is 12.0. The first-order valence-electron chi connectivity index (χ1n) is 7.28. The SMILES string of the molecule is O=C(O)[C@@H]1CCc2ncc(NCCc3ccccc3)c(=O)n21. The molecular weight excluding hydrogens is 282 g/mol. The summed E-state index contributed by atoms with van der Waals surface area (Å²) in [6.45, 7) is 0.595. The summed E-state index contributed by atoms with van der Waals surface area (Å²) in [7, 11) is 0. The summed E-state index contributed by atoms with van der Waals surface area (Å²) in [5, 5.41) is 12.3. The highest BCUT2D eigenvalue weighted by Gasteiger charge is 2.30. The summed E-state index contributed by atoms with van der Waals surface area (Å²) >= 11 is 0. The molecule has 2 heterocycles. The van der Waals surface area contributed by atoms with Crippen LogP contribution in [0.2, 0.25) is 0 Å². The minimum atomic E-state index is -0.982. The van der Waals surface area contributed by atoms with E-state index in [2.05, 4.69) is 10.3 Å². The van der Waals surface area contributed by atoms with Crippen LogP contribution in [0.4, 0.5) is 5.69 Å². The number of benzene rings is 1. The first-order valence-corrected chi connectivity index (χ1v) is 7.28. The molecule has 0 aliphatic carbocycles. The molecular formula is C16H17N3O3. The summed E-state index contributed by atoms with van der Waals surface area (Å²) in [6.07, 6.45) is 3.23. The second-order valence-corrected chi connectivity index (χ2v) is 5.32. The Hall–Kier alpha value is -2.63. The fourth-order valence-electron chi connectivity index (χ4n) is 2.75. The highest BCUT2D eigenvalue weighted by molar-refractivity contribution is 5.72. The van der Waals surface area contributed by atoms with Crippen molar-refractivity contribution in [3.8, 4) is 0 Å². The van der Waals surface area contributed by atoms with E-state index in [0.29, 0.717) is 30.9 Å². The topological polar surface area (TPSA) is 84.2 Å². The Kier molecular flexibility index (Phi) is 3.91. The summed E-state index contributed by atoms with van der Waals surface area (Å²) < 4.78 is 1.30. The smallest absolute Gasteiger partial charge is 0.326 e. The van der Waals surface area contributed by atoms with Crippen LogP contribution in [0.3, 0.4) is 0 Å². The third kappa shape index (κ3) is 2.72. The van der Waals surface area contributed by atoms with Crippen molar-refractivity contribution < 1.29 is 9.90 Å². The van der Waals surface area contributed by atoms with E-state index in [9.17, 15) is 14.7 Å². The molecule has 1 aromatic carbocycles. The van der Waals surface area contributed by atoms with Gasteiger partial charge in [0.25, 0.3) is 5.56 Å². The number of hydrogen-bond donors (Lipinski definition) is 2. The van der Waals surface area contributed by atoms with Gasteiger partial charge in [0.05, 0.1) is 6.20 Å². The minimum absolute atomic E-state index is 0.303. The van der Waals surface area contributed by atoms with Gasteiger partial charge in [-0.2, -0.15) is 0 Å². The van der Waals surface area contributed by atoms with Crippen molar-refractivity contribution in [2.24, 2.45) is 0 Å². The summed E-state index contributed by atoms with van der Waals surface area (Å²) in [5.41, 5.74) is 1.23. The maximum absolute atomic E-state index is 12.4. The highest BCUT2D eigenvalue weighted by atomic mass is 16.4. The van der Waals surface area contributed by atoms with Gasteiger partial charge in [-0.1, -0.05) is 30.3 Å². The van der Waals surface area contributed by atoms with Crippen LogP contribution in [0, 0.1) is 0 Å². The number of carboxylic acids is 1. The van der Waals surface area contributed by atoms with Gasteiger partial charge in [0.15, 0.2) is 0 Å². The molecule has 1 aliphatic rings. The first-order chi connectivity index (χ1) is 10.7. The van der Waals surface area contributed by atoms with Gasteiger partial charge >= 0.3 is 5.97 Å². The van der Waals surface area contributed by atoms with E-state index >= 15 is 0 Å². The van der Waals surface area contributed by atoms with Gasteiger partial charge in [0.1, 0.15) is 17.6 Å². The number of fused-ring (bicyclic) bond motifs is 1. The monoisotopic (exact) mass is 299 g/mol. The molecule has 1 aromatic heterocycles. The fraction of sp³-hybridized carbons (Fsp3) is 0.312. The molecule has 114 valence electrons. The number of aromatic nitrogens is 2. The Morgan fingerprint density at radius 2 is 2.14 bits per heavy atom. The molecule has 0 fully saturated rings. The Balaban J connectivity index is 1.74. The van der Waals surface area contributed by atoms with E-state index in [-0.39, 0.29) is 5.56 Å². The van der Waals surface area contributed by atoms with Gasteiger partial charge in [-0.3, -0.25) is 9.36 Å². The highest BCUT2D eigenvalue weighted by Crippen LogP contribution is 2.22. The number of aryl methyl sites for hydroxylation is 1. The molecule has 0 unspecified atom stereocenters. The van der Waals surface area contributed by atoms with E-state index in [4.69, 9.17) is 0 Å². The zero-order chi connectivity index (χ0) is 15.5. The van der Waals surface area contributed by atoms with Gasteiger partial charge in [-0.25, -0.2) is 9.78 Å². The van der Waals surface area contributed by atoms with E-state index in [0.717, 1.165) is 6.42 Å². The molecule has 2 aromatic rings. The van der Waals surface area contributed by atoms with E-state index < -0.39 is 12.0 Å². The lowest BCUT2D eigenvalue weighted by Crippen LogP contribution is -2.30. The second-order valence-electron chi connectivity index (χ2n) is 5.32. The maximum Gasteiger partial charge on any atom is 0.326 e. The molecule has 1 atom stereocenters. The Morgan fingerprint density at radius 1 is 1.36 bits per heavy atom. The Bertz CT molecular complexity index is 740. The van der Waals surface area contributed by atoms with Gasteiger partial charge < -0.3 is 10.4 Å². The van der Waals surface area contributed by atoms with Crippen LogP contribution in [-0.2, 0) is 17.6 Å². The van der Waals surface area contributed by atoms with Gasteiger partial charge in [0, 0.05) is 13.0 Å². The number of hydrogen-bond acceptors (Lipinski definition) is 4. The summed E-state index contributed by atoms with van der Waals surface area (Å²) in [5.74, 6) is -0.435.